The largest absolute Gasteiger partial charge is 0.493 e. The van der Waals surface area contributed by atoms with Crippen molar-refractivity contribution in [3.63, 3.8) is 0 Å². The smallest absolute Gasteiger partial charge is 0.422 e. The summed E-state index contributed by atoms with van der Waals surface area (Å²) in [5, 5.41) is 6.07. The van der Waals surface area contributed by atoms with E-state index in [1.165, 1.54) is 13.2 Å². The Balaban J connectivity index is 1.97. The molecule has 0 atom stereocenters. The normalized spacial score (nSPS) is 14.7. The Kier molecular flexibility index (Phi) is 8.41. The van der Waals surface area contributed by atoms with Gasteiger partial charge in [0.2, 0.25) is 5.91 Å². The summed E-state index contributed by atoms with van der Waals surface area (Å²) in [5.74, 6) is 0.722. The number of rotatable bonds is 8. The average Bonchev–Trinajstić information content (AvgIpc) is 3.22. The highest BCUT2D eigenvalue weighted by Crippen LogP contribution is 2.30. The van der Waals surface area contributed by atoms with Crippen molar-refractivity contribution >= 4 is 11.9 Å². The van der Waals surface area contributed by atoms with E-state index in [0.29, 0.717) is 12.5 Å². The molecule has 0 bridgehead atoms. The molecule has 1 heterocycles. The molecule has 10 heteroatoms. The molecule has 2 N–H and O–H groups in total. The number of nitrogens with one attached hydrogen (secondary N) is 2. The Morgan fingerprint density at radius 1 is 1.21 bits per heavy atom. The first-order valence-electron chi connectivity index (χ1n) is 9.49. The van der Waals surface area contributed by atoms with Crippen LogP contribution in [0.1, 0.15) is 25.3 Å². The second-order valence-electron chi connectivity index (χ2n) is 6.53. The van der Waals surface area contributed by atoms with Gasteiger partial charge in [0.05, 0.1) is 20.2 Å². The minimum atomic E-state index is -4.42. The molecule has 1 saturated heterocycles. The van der Waals surface area contributed by atoms with Crippen LogP contribution in [0, 0.1) is 0 Å². The summed E-state index contributed by atoms with van der Waals surface area (Å²) in [6.07, 6.45) is -2.36. The zero-order chi connectivity index (χ0) is 21.3. The maximum atomic E-state index is 12.3. The molecule has 1 aliphatic heterocycles. The molecule has 0 radical (unpaired) electrons. The molecule has 0 saturated carbocycles. The van der Waals surface area contributed by atoms with Crippen LogP contribution in [-0.4, -0.2) is 62.8 Å². The topological polar surface area (TPSA) is 75.2 Å². The summed E-state index contributed by atoms with van der Waals surface area (Å²) in [6.45, 7) is 3.13. The van der Waals surface area contributed by atoms with E-state index in [9.17, 15) is 18.0 Å². The number of hydrogen-bond acceptors (Lipinski definition) is 4. The summed E-state index contributed by atoms with van der Waals surface area (Å²) in [5.41, 5.74) is 0.726. The number of benzene rings is 1. The first-order chi connectivity index (χ1) is 13.8. The van der Waals surface area contributed by atoms with Gasteiger partial charge in [0.25, 0.3) is 0 Å². The lowest BCUT2D eigenvalue weighted by atomic mass is 10.2. The average molecular weight is 416 g/mol. The van der Waals surface area contributed by atoms with Crippen molar-refractivity contribution in [1.29, 1.82) is 0 Å². The van der Waals surface area contributed by atoms with E-state index >= 15 is 0 Å². The predicted octanol–water partition coefficient (Wildman–Crippen LogP) is 2.31. The zero-order valence-electron chi connectivity index (χ0n) is 16.6. The minimum Gasteiger partial charge on any atom is -0.493 e. The number of nitrogens with zero attached hydrogens (tertiary/aromatic N) is 2. The maximum Gasteiger partial charge on any atom is 0.422 e. The number of guanidine groups is 1. The van der Waals surface area contributed by atoms with Crippen molar-refractivity contribution in [2.75, 3.05) is 39.9 Å². The van der Waals surface area contributed by atoms with Crippen molar-refractivity contribution in [3.05, 3.63) is 23.8 Å². The van der Waals surface area contributed by atoms with Gasteiger partial charge in [-0.15, -0.1) is 0 Å². The molecule has 1 fully saturated rings. The first kappa shape index (κ1) is 22.6. The number of methoxy groups -OCH3 is 1. The molecule has 1 amide bonds. The standard InChI is InChI=1S/C19H27F3N4O3/c1-3-23-18(25-12-17(27)26-8-4-5-9-26)24-11-14-6-7-15(16(10-14)28-2)29-13-19(20,21)22/h6-7,10H,3-5,8-9,11-13H2,1-2H3,(H2,23,24,25). The van der Waals surface area contributed by atoms with Crippen LogP contribution in [0.4, 0.5) is 13.2 Å². The summed E-state index contributed by atoms with van der Waals surface area (Å²) < 4.78 is 46.9. The van der Waals surface area contributed by atoms with Crippen molar-refractivity contribution in [3.8, 4) is 11.5 Å². The minimum absolute atomic E-state index is 0.0128. The van der Waals surface area contributed by atoms with Crippen LogP contribution < -0.4 is 20.1 Å². The highest BCUT2D eigenvalue weighted by atomic mass is 19.4. The number of carbonyl (C=O) groups excluding carboxylic acids is 1. The van der Waals surface area contributed by atoms with Crippen LogP contribution in [0.3, 0.4) is 0 Å². The Morgan fingerprint density at radius 3 is 2.55 bits per heavy atom. The number of carbonyl (C=O) groups is 1. The van der Waals surface area contributed by atoms with Crippen molar-refractivity contribution in [2.45, 2.75) is 32.5 Å². The molecule has 0 spiro atoms. The van der Waals surface area contributed by atoms with Gasteiger partial charge < -0.3 is 25.0 Å². The van der Waals surface area contributed by atoms with Crippen LogP contribution >= 0.6 is 0 Å². The van der Waals surface area contributed by atoms with E-state index in [4.69, 9.17) is 9.47 Å². The third-order valence-corrected chi connectivity index (χ3v) is 4.25. The fourth-order valence-corrected chi connectivity index (χ4v) is 2.84. The quantitative estimate of drug-likeness (QED) is 0.503. The highest BCUT2D eigenvalue weighted by molar-refractivity contribution is 5.86. The number of halogens is 3. The van der Waals surface area contributed by atoms with Crippen LogP contribution in [-0.2, 0) is 11.3 Å². The second kappa shape index (κ2) is 10.8. The van der Waals surface area contributed by atoms with E-state index in [2.05, 4.69) is 15.6 Å². The predicted molar refractivity (Wildman–Crippen MR) is 103 cm³/mol. The second-order valence-corrected chi connectivity index (χ2v) is 6.53. The van der Waals surface area contributed by atoms with Gasteiger partial charge >= 0.3 is 6.18 Å². The number of alkyl halides is 3. The Hall–Kier alpha value is -2.65. The summed E-state index contributed by atoms with van der Waals surface area (Å²) >= 11 is 0. The highest BCUT2D eigenvalue weighted by Gasteiger charge is 2.29. The van der Waals surface area contributed by atoms with E-state index in [0.717, 1.165) is 31.5 Å². The third-order valence-electron chi connectivity index (χ3n) is 4.25. The van der Waals surface area contributed by atoms with Gasteiger partial charge in [-0.1, -0.05) is 6.07 Å². The molecule has 1 aromatic rings. The Bertz CT molecular complexity index is 704. The molecule has 29 heavy (non-hydrogen) atoms. The van der Waals surface area contributed by atoms with Crippen LogP contribution in [0.15, 0.2) is 23.2 Å². The lowest BCUT2D eigenvalue weighted by molar-refractivity contribution is -0.153. The fraction of sp³-hybridized carbons (Fsp3) is 0.579. The summed E-state index contributed by atoms with van der Waals surface area (Å²) in [6, 6.07) is 4.62. The summed E-state index contributed by atoms with van der Waals surface area (Å²) in [7, 11) is 1.36. The van der Waals surface area contributed by atoms with E-state index < -0.39 is 12.8 Å². The summed E-state index contributed by atoms with van der Waals surface area (Å²) in [4.78, 5) is 18.4. The van der Waals surface area contributed by atoms with Gasteiger partial charge in [0, 0.05) is 19.6 Å². The number of ether oxygens (including phenoxy) is 2. The lowest BCUT2D eigenvalue weighted by Gasteiger charge is -2.17. The molecule has 162 valence electrons. The van der Waals surface area contributed by atoms with Gasteiger partial charge in [-0.25, -0.2) is 4.99 Å². The SMILES string of the molecule is CCNC(=NCc1ccc(OCC(F)(F)F)c(OC)c1)NCC(=O)N1CCCC1. The molecule has 0 aliphatic carbocycles. The van der Waals surface area contributed by atoms with Gasteiger partial charge in [0.15, 0.2) is 24.1 Å². The van der Waals surface area contributed by atoms with Crippen LogP contribution in [0.5, 0.6) is 11.5 Å². The molecule has 0 aromatic heterocycles. The maximum absolute atomic E-state index is 12.3. The number of likely N-dealkylation sites (tertiary alicyclic amines) is 1. The number of hydrogen-bond donors (Lipinski definition) is 2. The van der Waals surface area contributed by atoms with Gasteiger partial charge in [-0.05, 0) is 37.5 Å². The Morgan fingerprint density at radius 2 is 1.93 bits per heavy atom. The van der Waals surface area contributed by atoms with Crippen LogP contribution in [0.25, 0.3) is 0 Å². The zero-order valence-corrected chi connectivity index (χ0v) is 16.6. The molecule has 7 nitrogen and oxygen atoms in total. The van der Waals surface area contributed by atoms with Gasteiger partial charge in [-0.3, -0.25) is 4.79 Å². The molecular formula is C19H27F3N4O3. The third kappa shape index (κ3) is 7.71. The van der Waals surface area contributed by atoms with Crippen molar-refractivity contribution in [1.82, 2.24) is 15.5 Å². The Labute approximate surface area is 168 Å². The number of aliphatic imine (C=N–C) groups is 1. The molecule has 0 unspecified atom stereocenters. The molecule has 2 rings (SSSR count). The molecule has 1 aliphatic rings. The fourth-order valence-electron chi connectivity index (χ4n) is 2.84. The van der Waals surface area contributed by atoms with Crippen LogP contribution in [0.2, 0.25) is 0 Å². The van der Waals surface area contributed by atoms with E-state index in [1.807, 2.05) is 11.8 Å². The van der Waals surface area contributed by atoms with Crippen molar-refractivity contribution < 1.29 is 27.4 Å². The van der Waals surface area contributed by atoms with E-state index in [-0.39, 0.29) is 30.5 Å². The van der Waals surface area contributed by atoms with Gasteiger partial charge in [-0.2, -0.15) is 13.2 Å². The van der Waals surface area contributed by atoms with Gasteiger partial charge in [0.1, 0.15) is 0 Å². The monoisotopic (exact) mass is 416 g/mol. The lowest BCUT2D eigenvalue weighted by Crippen LogP contribution is -2.44. The number of amides is 1. The first-order valence-corrected chi connectivity index (χ1v) is 9.49. The molecule has 1 aromatic carbocycles. The van der Waals surface area contributed by atoms with E-state index in [1.54, 1.807) is 12.1 Å². The van der Waals surface area contributed by atoms with Crippen molar-refractivity contribution in [2.24, 2.45) is 4.99 Å². The molecular weight excluding hydrogens is 389 g/mol.